The highest BCUT2D eigenvalue weighted by atomic mass is 32.2. The minimum atomic E-state index is -0.202. The van der Waals surface area contributed by atoms with Crippen molar-refractivity contribution < 1.29 is 14.3 Å². The first-order valence-electron chi connectivity index (χ1n) is 9.36. The fourth-order valence-electron chi connectivity index (χ4n) is 3.33. The van der Waals surface area contributed by atoms with E-state index >= 15 is 0 Å². The van der Waals surface area contributed by atoms with E-state index in [9.17, 15) is 9.59 Å². The highest BCUT2D eigenvalue weighted by molar-refractivity contribution is 8.19. The van der Waals surface area contributed by atoms with Gasteiger partial charge in [0.2, 0.25) is 5.91 Å². The Hall–Kier alpha value is -2.12. The van der Waals surface area contributed by atoms with Gasteiger partial charge in [0.1, 0.15) is 5.75 Å². The Balaban J connectivity index is 1.33. The molecule has 2 saturated heterocycles. The van der Waals surface area contributed by atoms with Crippen molar-refractivity contribution in [3.63, 3.8) is 0 Å². The lowest BCUT2D eigenvalue weighted by molar-refractivity contribution is -0.118. The van der Waals surface area contributed by atoms with Crippen molar-refractivity contribution in [2.45, 2.75) is 17.4 Å². The molecular formula is C21H22N2O3S2. The highest BCUT2D eigenvalue weighted by Gasteiger charge is 2.22. The Morgan fingerprint density at radius 1 is 1.11 bits per heavy atom. The number of thioether (sulfide) groups is 2. The number of carbonyl (C=O) groups is 2. The van der Waals surface area contributed by atoms with Gasteiger partial charge in [0, 0.05) is 41.4 Å². The molecule has 146 valence electrons. The molecule has 5 nitrogen and oxygen atoms in total. The van der Waals surface area contributed by atoms with Gasteiger partial charge in [-0.05, 0) is 36.8 Å². The Bertz CT molecular complexity index is 851. The number of nitrogens with zero attached hydrogens (tertiary/aromatic N) is 1. The minimum absolute atomic E-state index is 0.0363. The van der Waals surface area contributed by atoms with Crippen molar-refractivity contribution in [1.82, 2.24) is 0 Å². The van der Waals surface area contributed by atoms with E-state index in [4.69, 9.17) is 4.74 Å². The molecule has 0 bridgehead atoms. The van der Waals surface area contributed by atoms with Gasteiger partial charge in [0.05, 0.1) is 4.58 Å². The maximum Gasteiger partial charge on any atom is 0.262 e. The number of nitrogens with one attached hydrogen (secondary N) is 1. The molecule has 0 aromatic heterocycles. The summed E-state index contributed by atoms with van der Waals surface area (Å²) in [4.78, 5) is 25.9. The zero-order valence-corrected chi connectivity index (χ0v) is 17.1. The average Bonchev–Trinajstić information content (AvgIpc) is 3.39. The second-order valence-corrected chi connectivity index (χ2v) is 9.37. The SMILES string of the molecule is O=C(COc1ccccc1C1SCCS1)Nc1ccc(N2CCCC2=O)cc1. The van der Waals surface area contributed by atoms with Crippen LogP contribution in [0.2, 0.25) is 0 Å². The number of ether oxygens (including phenoxy) is 1. The molecule has 7 heteroatoms. The third-order valence-corrected chi connectivity index (χ3v) is 7.76. The van der Waals surface area contributed by atoms with Crippen LogP contribution in [-0.4, -0.2) is 36.5 Å². The molecule has 0 saturated carbocycles. The normalized spacial score (nSPS) is 17.1. The quantitative estimate of drug-likeness (QED) is 0.763. The van der Waals surface area contributed by atoms with Crippen LogP contribution in [0.1, 0.15) is 23.0 Å². The van der Waals surface area contributed by atoms with Gasteiger partial charge in [-0.25, -0.2) is 0 Å². The Labute approximate surface area is 173 Å². The van der Waals surface area contributed by atoms with Gasteiger partial charge in [-0.15, -0.1) is 23.5 Å². The molecule has 2 heterocycles. The second-order valence-electron chi connectivity index (χ2n) is 6.64. The van der Waals surface area contributed by atoms with Crippen LogP contribution in [0.5, 0.6) is 5.75 Å². The lowest BCUT2D eigenvalue weighted by Gasteiger charge is -2.16. The van der Waals surface area contributed by atoms with Crippen molar-refractivity contribution >= 4 is 46.7 Å². The van der Waals surface area contributed by atoms with E-state index in [-0.39, 0.29) is 18.4 Å². The van der Waals surface area contributed by atoms with Crippen molar-refractivity contribution in [2.24, 2.45) is 0 Å². The van der Waals surface area contributed by atoms with Gasteiger partial charge >= 0.3 is 0 Å². The number of rotatable bonds is 6. The molecular weight excluding hydrogens is 392 g/mol. The zero-order chi connectivity index (χ0) is 19.3. The number of amides is 2. The van der Waals surface area contributed by atoms with Gasteiger partial charge < -0.3 is 15.0 Å². The highest BCUT2D eigenvalue weighted by Crippen LogP contribution is 2.48. The van der Waals surface area contributed by atoms with Crippen molar-refractivity contribution in [2.75, 3.05) is 34.9 Å². The molecule has 0 radical (unpaired) electrons. The summed E-state index contributed by atoms with van der Waals surface area (Å²) in [7, 11) is 0. The van der Waals surface area contributed by atoms with Gasteiger partial charge in [-0.2, -0.15) is 0 Å². The van der Waals surface area contributed by atoms with Crippen LogP contribution in [0.25, 0.3) is 0 Å². The molecule has 0 spiro atoms. The second kappa shape index (κ2) is 8.92. The molecule has 0 atom stereocenters. The van der Waals surface area contributed by atoms with E-state index in [2.05, 4.69) is 11.4 Å². The average molecular weight is 415 g/mol. The predicted molar refractivity (Wildman–Crippen MR) is 116 cm³/mol. The van der Waals surface area contributed by atoms with E-state index in [0.29, 0.717) is 16.7 Å². The minimum Gasteiger partial charge on any atom is -0.483 e. The number of benzene rings is 2. The van der Waals surface area contributed by atoms with Crippen LogP contribution < -0.4 is 15.0 Å². The molecule has 2 fully saturated rings. The van der Waals surface area contributed by atoms with Gasteiger partial charge in [-0.1, -0.05) is 18.2 Å². The molecule has 4 rings (SSSR count). The van der Waals surface area contributed by atoms with Crippen molar-refractivity contribution in [3.8, 4) is 5.75 Å². The van der Waals surface area contributed by atoms with Crippen LogP contribution in [-0.2, 0) is 9.59 Å². The number of hydrogen-bond donors (Lipinski definition) is 1. The molecule has 0 unspecified atom stereocenters. The Morgan fingerprint density at radius 3 is 2.57 bits per heavy atom. The van der Waals surface area contributed by atoms with E-state index < -0.39 is 0 Å². The third kappa shape index (κ3) is 4.47. The fourth-order valence-corrected chi connectivity index (χ4v) is 6.24. The first kappa shape index (κ1) is 19.2. The molecule has 2 aromatic rings. The maximum atomic E-state index is 12.3. The molecule has 2 aliphatic heterocycles. The van der Waals surface area contributed by atoms with Crippen LogP contribution in [0.4, 0.5) is 11.4 Å². The van der Waals surface area contributed by atoms with Gasteiger partial charge in [0.25, 0.3) is 5.91 Å². The van der Waals surface area contributed by atoms with Crippen molar-refractivity contribution in [1.29, 1.82) is 0 Å². The molecule has 2 amide bonds. The van der Waals surface area contributed by atoms with E-state index in [1.807, 2.05) is 66.0 Å². The first-order chi connectivity index (χ1) is 13.7. The molecule has 1 N–H and O–H groups in total. The molecule has 2 aromatic carbocycles. The topological polar surface area (TPSA) is 58.6 Å². The predicted octanol–water partition coefficient (Wildman–Crippen LogP) is 4.31. The zero-order valence-electron chi connectivity index (χ0n) is 15.4. The summed E-state index contributed by atoms with van der Waals surface area (Å²) in [5.41, 5.74) is 2.71. The monoisotopic (exact) mass is 414 g/mol. The summed E-state index contributed by atoms with van der Waals surface area (Å²) in [6.45, 7) is 0.723. The smallest absolute Gasteiger partial charge is 0.262 e. The first-order valence-corrected chi connectivity index (χ1v) is 11.5. The van der Waals surface area contributed by atoms with Crippen LogP contribution in [0.15, 0.2) is 48.5 Å². The molecule has 0 aliphatic carbocycles. The summed E-state index contributed by atoms with van der Waals surface area (Å²) in [5, 5.41) is 2.85. The van der Waals surface area contributed by atoms with Crippen molar-refractivity contribution in [3.05, 3.63) is 54.1 Å². The van der Waals surface area contributed by atoms with E-state index in [1.54, 1.807) is 4.90 Å². The standard InChI is InChI=1S/C21H22N2O3S2/c24-19(14-26-18-5-2-1-4-17(18)21-27-12-13-28-21)22-15-7-9-16(10-8-15)23-11-3-6-20(23)25/h1-2,4-5,7-10,21H,3,6,11-14H2,(H,22,24). The Kier molecular flexibility index (Phi) is 6.12. The van der Waals surface area contributed by atoms with Crippen LogP contribution in [0, 0.1) is 0 Å². The summed E-state index contributed by atoms with van der Waals surface area (Å²) in [6, 6.07) is 15.3. The van der Waals surface area contributed by atoms with E-state index in [1.165, 1.54) is 0 Å². The number of anilines is 2. The maximum absolute atomic E-state index is 12.3. The summed E-state index contributed by atoms with van der Waals surface area (Å²) in [5.74, 6) is 3.01. The van der Waals surface area contributed by atoms with Crippen LogP contribution in [0.3, 0.4) is 0 Å². The lowest BCUT2D eigenvalue weighted by atomic mass is 10.2. The molecule has 28 heavy (non-hydrogen) atoms. The number of para-hydroxylation sites is 1. The largest absolute Gasteiger partial charge is 0.483 e. The van der Waals surface area contributed by atoms with Crippen LogP contribution >= 0.6 is 23.5 Å². The summed E-state index contributed by atoms with van der Waals surface area (Å²) < 4.78 is 6.19. The number of carbonyl (C=O) groups excluding carboxylic acids is 2. The van der Waals surface area contributed by atoms with Gasteiger partial charge in [0.15, 0.2) is 6.61 Å². The number of hydrogen-bond acceptors (Lipinski definition) is 5. The summed E-state index contributed by atoms with van der Waals surface area (Å²) in [6.07, 6.45) is 1.50. The van der Waals surface area contributed by atoms with Gasteiger partial charge in [-0.3, -0.25) is 9.59 Å². The third-order valence-electron chi connectivity index (χ3n) is 4.69. The Morgan fingerprint density at radius 2 is 1.86 bits per heavy atom. The lowest BCUT2D eigenvalue weighted by Crippen LogP contribution is -2.23. The van der Waals surface area contributed by atoms with E-state index in [0.717, 1.165) is 41.5 Å². The molecule has 2 aliphatic rings. The summed E-state index contributed by atoms with van der Waals surface area (Å²) >= 11 is 3.83. The fraction of sp³-hybridized carbons (Fsp3) is 0.333.